The van der Waals surface area contributed by atoms with E-state index in [1.165, 1.54) is 18.4 Å². The number of methoxy groups -OCH3 is 1. The number of rotatable bonds is 3. The van der Waals surface area contributed by atoms with Crippen molar-refractivity contribution in [3.05, 3.63) is 39.3 Å². The van der Waals surface area contributed by atoms with Gasteiger partial charge in [-0.2, -0.15) is 0 Å². The number of nitrogens with zero attached hydrogens (tertiary/aromatic N) is 1. The van der Waals surface area contributed by atoms with Gasteiger partial charge in [0.1, 0.15) is 5.69 Å². The van der Waals surface area contributed by atoms with E-state index >= 15 is 0 Å². The van der Waals surface area contributed by atoms with Crippen molar-refractivity contribution >= 4 is 34.6 Å². The highest BCUT2D eigenvalue weighted by Crippen LogP contribution is 2.23. The molecule has 2 heterocycles. The fraction of sp³-hybridized carbons (Fsp3) is 0.182. The molecule has 0 saturated heterocycles. The molecule has 4 nitrogen and oxygen atoms in total. The molecule has 0 radical (unpaired) electrons. The van der Waals surface area contributed by atoms with Crippen LogP contribution in [0.3, 0.4) is 0 Å². The van der Waals surface area contributed by atoms with Gasteiger partial charge < -0.3 is 15.0 Å². The van der Waals surface area contributed by atoms with E-state index in [1.807, 2.05) is 12.1 Å². The number of hydrogen-bond acceptors (Lipinski definition) is 4. The zero-order valence-electron chi connectivity index (χ0n) is 9.14. The van der Waals surface area contributed by atoms with E-state index in [2.05, 4.69) is 0 Å². The van der Waals surface area contributed by atoms with Gasteiger partial charge in [-0.3, -0.25) is 0 Å². The Labute approximate surface area is 108 Å². The number of carbonyl (C=O) groups is 1. The molecular formula is C11H11ClN2O2S. The third kappa shape index (κ3) is 2.62. The number of carbonyl (C=O) groups excluding carboxylic acids is 1. The van der Waals surface area contributed by atoms with Crippen molar-refractivity contribution < 1.29 is 9.53 Å². The Morgan fingerprint density at radius 1 is 1.59 bits per heavy atom. The molecule has 6 heteroatoms. The summed E-state index contributed by atoms with van der Waals surface area (Å²) in [6.45, 7) is 0.555. The van der Waals surface area contributed by atoms with E-state index in [1.54, 1.807) is 16.8 Å². The summed E-state index contributed by atoms with van der Waals surface area (Å²) in [4.78, 5) is 12.6. The minimum absolute atomic E-state index is 0.399. The highest BCUT2D eigenvalue weighted by molar-refractivity contribution is 7.16. The quantitative estimate of drug-likeness (QED) is 0.873. The molecule has 90 valence electrons. The molecule has 0 spiro atoms. The van der Waals surface area contributed by atoms with Crippen LogP contribution in [-0.2, 0) is 11.3 Å². The molecule has 0 amide bonds. The van der Waals surface area contributed by atoms with E-state index < -0.39 is 5.97 Å². The molecule has 0 aliphatic carbocycles. The second kappa shape index (κ2) is 4.81. The number of anilines is 1. The zero-order chi connectivity index (χ0) is 12.4. The number of esters is 1. The maximum Gasteiger partial charge on any atom is 0.354 e. The highest BCUT2D eigenvalue weighted by atomic mass is 35.5. The molecule has 0 aliphatic heterocycles. The average molecular weight is 271 g/mol. The summed E-state index contributed by atoms with van der Waals surface area (Å²) in [6, 6.07) is 5.34. The van der Waals surface area contributed by atoms with Crippen LogP contribution < -0.4 is 5.73 Å². The molecule has 17 heavy (non-hydrogen) atoms. The zero-order valence-corrected chi connectivity index (χ0v) is 10.7. The first kappa shape index (κ1) is 12.0. The molecule has 0 unspecified atom stereocenters. The summed E-state index contributed by atoms with van der Waals surface area (Å²) in [5, 5.41) is 0. The molecule has 0 fully saturated rings. The number of aromatic nitrogens is 1. The lowest BCUT2D eigenvalue weighted by Crippen LogP contribution is -2.10. The lowest BCUT2D eigenvalue weighted by Gasteiger charge is -2.05. The van der Waals surface area contributed by atoms with Crippen molar-refractivity contribution in [1.29, 1.82) is 0 Å². The van der Waals surface area contributed by atoms with Gasteiger partial charge in [0, 0.05) is 11.1 Å². The molecule has 0 atom stereocenters. The van der Waals surface area contributed by atoms with Crippen molar-refractivity contribution in [3.63, 3.8) is 0 Å². The summed E-state index contributed by atoms with van der Waals surface area (Å²) in [5.41, 5.74) is 6.65. The topological polar surface area (TPSA) is 57.2 Å². The van der Waals surface area contributed by atoms with Crippen LogP contribution in [0.25, 0.3) is 0 Å². The first-order chi connectivity index (χ1) is 8.10. The van der Waals surface area contributed by atoms with Crippen LogP contribution in [-0.4, -0.2) is 17.6 Å². The molecule has 0 aliphatic rings. The lowest BCUT2D eigenvalue weighted by molar-refractivity contribution is 0.0589. The molecule has 2 rings (SSSR count). The Morgan fingerprint density at radius 3 is 2.94 bits per heavy atom. The second-order valence-corrected chi connectivity index (χ2v) is 5.28. The number of nitrogens with two attached hydrogens (primary N) is 1. The third-order valence-corrected chi connectivity index (χ3v) is 3.48. The summed E-state index contributed by atoms with van der Waals surface area (Å²) >= 11 is 7.33. The number of halogens is 1. The number of thiophene rings is 1. The molecule has 2 aromatic heterocycles. The normalized spacial score (nSPS) is 10.5. The van der Waals surface area contributed by atoms with E-state index in [0.29, 0.717) is 17.9 Å². The maximum absolute atomic E-state index is 11.5. The Morgan fingerprint density at radius 2 is 2.35 bits per heavy atom. The van der Waals surface area contributed by atoms with Gasteiger partial charge in [0.2, 0.25) is 0 Å². The number of hydrogen-bond donors (Lipinski definition) is 1. The van der Waals surface area contributed by atoms with Crippen LogP contribution in [0.1, 0.15) is 15.4 Å². The Bertz CT molecular complexity index is 547. The van der Waals surface area contributed by atoms with Gasteiger partial charge in [-0.1, -0.05) is 11.6 Å². The van der Waals surface area contributed by atoms with Gasteiger partial charge in [0.15, 0.2) is 0 Å². The lowest BCUT2D eigenvalue weighted by atomic mass is 10.4. The summed E-state index contributed by atoms with van der Waals surface area (Å²) in [5.74, 6) is -0.399. The second-order valence-electron chi connectivity index (χ2n) is 3.48. The van der Waals surface area contributed by atoms with E-state index in [9.17, 15) is 4.79 Å². The summed E-state index contributed by atoms with van der Waals surface area (Å²) in [6.07, 6.45) is 1.71. The number of ether oxygens (including phenoxy) is 1. The molecule has 0 aromatic carbocycles. The summed E-state index contributed by atoms with van der Waals surface area (Å²) < 4.78 is 7.17. The van der Waals surface area contributed by atoms with Crippen LogP contribution in [0.4, 0.5) is 5.69 Å². The monoisotopic (exact) mass is 270 g/mol. The van der Waals surface area contributed by atoms with Gasteiger partial charge in [-0.25, -0.2) is 4.79 Å². The Balaban J connectivity index is 2.29. The van der Waals surface area contributed by atoms with Gasteiger partial charge in [-0.05, 0) is 18.2 Å². The van der Waals surface area contributed by atoms with Crippen molar-refractivity contribution in [2.45, 2.75) is 6.54 Å². The largest absolute Gasteiger partial charge is 0.464 e. The SMILES string of the molecule is COC(=O)c1cc(N)cn1Cc1ccc(Cl)s1. The van der Waals surface area contributed by atoms with Crippen LogP contribution in [0, 0.1) is 0 Å². The fourth-order valence-electron chi connectivity index (χ4n) is 1.54. The third-order valence-electron chi connectivity index (χ3n) is 2.27. The molecule has 2 N–H and O–H groups in total. The van der Waals surface area contributed by atoms with Crippen LogP contribution >= 0.6 is 22.9 Å². The van der Waals surface area contributed by atoms with Crippen LogP contribution in [0.2, 0.25) is 4.34 Å². The van der Waals surface area contributed by atoms with E-state index in [4.69, 9.17) is 22.1 Å². The predicted molar refractivity (Wildman–Crippen MR) is 68.6 cm³/mol. The minimum atomic E-state index is -0.399. The van der Waals surface area contributed by atoms with E-state index in [-0.39, 0.29) is 0 Å². The van der Waals surface area contributed by atoms with Crippen molar-refractivity contribution in [2.24, 2.45) is 0 Å². The predicted octanol–water partition coefficient (Wildman–Crippen LogP) is 2.62. The first-order valence-corrected chi connectivity index (χ1v) is 6.08. The minimum Gasteiger partial charge on any atom is -0.464 e. The average Bonchev–Trinajstić information content (AvgIpc) is 2.85. The van der Waals surface area contributed by atoms with Gasteiger partial charge in [0.25, 0.3) is 0 Å². The van der Waals surface area contributed by atoms with Gasteiger partial charge in [-0.15, -0.1) is 11.3 Å². The Kier molecular flexibility index (Phi) is 3.40. The first-order valence-electron chi connectivity index (χ1n) is 4.88. The molecular weight excluding hydrogens is 260 g/mol. The summed E-state index contributed by atoms with van der Waals surface area (Å²) in [7, 11) is 1.35. The number of nitrogen functional groups attached to an aromatic ring is 1. The highest BCUT2D eigenvalue weighted by Gasteiger charge is 2.13. The molecule has 0 saturated carbocycles. The van der Waals surface area contributed by atoms with Crippen LogP contribution in [0.5, 0.6) is 0 Å². The van der Waals surface area contributed by atoms with E-state index in [0.717, 1.165) is 9.21 Å². The molecule has 0 bridgehead atoms. The Hall–Kier alpha value is -1.46. The van der Waals surface area contributed by atoms with Crippen molar-refractivity contribution in [3.8, 4) is 0 Å². The van der Waals surface area contributed by atoms with Crippen molar-refractivity contribution in [2.75, 3.05) is 12.8 Å². The van der Waals surface area contributed by atoms with Gasteiger partial charge >= 0.3 is 5.97 Å². The van der Waals surface area contributed by atoms with Crippen LogP contribution in [0.15, 0.2) is 24.4 Å². The van der Waals surface area contributed by atoms with Gasteiger partial charge in [0.05, 0.1) is 23.7 Å². The van der Waals surface area contributed by atoms with Crippen molar-refractivity contribution in [1.82, 2.24) is 4.57 Å². The maximum atomic E-state index is 11.5. The fourth-order valence-corrected chi connectivity index (χ4v) is 2.63. The molecule has 2 aromatic rings. The standard InChI is InChI=1S/C11H11ClN2O2S/c1-16-11(15)9-4-7(13)5-14(9)6-8-2-3-10(12)17-8/h2-5H,6,13H2,1H3. The smallest absolute Gasteiger partial charge is 0.354 e.